The molecule has 0 aliphatic heterocycles. The summed E-state index contributed by atoms with van der Waals surface area (Å²) in [4.78, 5) is 15.1. The second-order valence-corrected chi connectivity index (χ2v) is 5.27. The molecule has 0 bridgehead atoms. The first-order valence-corrected chi connectivity index (χ1v) is 7.46. The van der Waals surface area contributed by atoms with E-state index in [0.29, 0.717) is 13.1 Å². The smallest absolute Gasteiger partial charge is 0.315 e. The van der Waals surface area contributed by atoms with E-state index in [1.165, 1.54) is 0 Å². The fraction of sp³-hybridized carbons (Fsp3) is 0.167. The Balaban J connectivity index is 1.49. The highest BCUT2D eigenvalue weighted by Gasteiger charge is 2.03. The molecule has 5 nitrogen and oxygen atoms in total. The van der Waals surface area contributed by atoms with Gasteiger partial charge in [-0.05, 0) is 35.2 Å². The number of hydrogen-bond donors (Lipinski definition) is 3. The number of fused-ring (bicyclic) bond motifs is 1. The van der Waals surface area contributed by atoms with Gasteiger partial charge in [0.25, 0.3) is 0 Å². The lowest BCUT2D eigenvalue weighted by Crippen LogP contribution is -2.34. The van der Waals surface area contributed by atoms with Gasteiger partial charge in [-0.2, -0.15) is 0 Å². The van der Waals surface area contributed by atoms with Crippen molar-refractivity contribution in [1.82, 2.24) is 15.6 Å². The van der Waals surface area contributed by atoms with Gasteiger partial charge in [0.15, 0.2) is 0 Å². The maximum absolute atomic E-state index is 11.9. The van der Waals surface area contributed by atoms with E-state index < -0.39 is 0 Å². The van der Waals surface area contributed by atoms with Crippen molar-refractivity contribution in [1.29, 1.82) is 0 Å². The zero-order valence-electron chi connectivity index (χ0n) is 12.9. The molecule has 0 aliphatic carbocycles. The number of aromatic amines is 1. The first kappa shape index (κ1) is 15.0. The van der Waals surface area contributed by atoms with Gasteiger partial charge in [0.2, 0.25) is 0 Å². The molecule has 0 saturated carbocycles. The van der Waals surface area contributed by atoms with Crippen molar-refractivity contribution in [2.75, 3.05) is 7.11 Å². The topological polar surface area (TPSA) is 66.2 Å². The number of para-hydroxylation sites is 1. The second kappa shape index (κ2) is 6.87. The van der Waals surface area contributed by atoms with Crippen LogP contribution in [0, 0.1) is 0 Å². The van der Waals surface area contributed by atoms with Crippen LogP contribution in [0.4, 0.5) is 4.79 Å². The van der Waals surface area contributed by atoms with Crippen molar-refractivity contribution in [2.45, 2.75) is 13.1 Å². The van der Waals surface area contributed by atoms with Crippen LogP contribution in [-0.2, 0) is 13.1 Å². The standard InChI is InChI=1S/C18H19N3O2/c1-23-16-8-6-13(7-9-16)11-19-18(22)20-12-15-10-14-4-2-3-5-17(14)21-15/h2-10,21H,11-12H2,1H3,(H2,19,20,22). The van der Waals surface area contributed by atoms with Crippen molar-refractivity contribution in [3.63, 3.8) is 0 Å². The summed E-state index contributed by atoms with van der Waals surface area (Å²) in [6, 6.07) is 17.5. The molecular formula is C18H19N3O2. The summed E-state index contributed by atoms with van der Waals surface area (Å²) in [5, 5.41) is 6.82. The minimum Gasteiger partial charge on any atom is -0.497 e. The highest BCUT2D eigenvalue weighted by atomic mass is 16.5. The molecule has 0 radical (unpaired) electrons. The quantitative estimate of drug-likeness (QED) is 0.677. The summed E-state index contributed by atoms with van der Waals surface area (Å²) >= 11 is 0. The maximum atomic E-state index is 11.9. The molecule has 2 amide bonds. The number of urea groups is 1. The summed E-state index contributed by atoms with van der Waals surface area (Å²) in [5.41, 5.74) is 3.07. The van der Waals surface area contributed by atoms with Gasteiger partial charge >= 0.3 is 6.03 Å². The highest BCUT2D eigenvalue weighted by molar-refractivity contribution is 5.80. The molecule has 3 N–H and O–H groups in total. The van der Waals surface area contributed by atoms with Crippen molar-refractivity contribution in [3.8, 4) is 5.75 Å². The zero-order valence-corrected chi connectivity index (χ0v) is 12.9. The number of carbonyl (C=O) groups excluding carboxylic acids is 1. The third-order valence-corrected chi connectivity index (χ3v) is 3.64. The highest BCUT2D eigenvalue weighted by Crippen LogP contribution is 2.14. The second-order valence-electron chi connectivity index (χ2n) is 5.27. The molecule has 0 saturated heterocycles. The molecule has 0 fully saturated rings. The number of amides is 2. The SMILES string of the molecule is COc1ccc(CNC(=O)NCc2cc3ccccc3[nH]2)cc1. The molecule has 3 rings (SSSR count). The molecule has 1 heterocycles. The van der Waals surface area contributed by atoms with E-state index >= 15 is 0 Å². The fourth-order valence-electron chi connectivity index (χ4n) is 2.39. The van der Waals surface area contributed by atoms with Crippen LogP contribution < -0.4 is 15.4 Å². The van der Waals surface area contributed by atoms with Crippen LogP contribution in [-0.4, -0.2) is 18.1 Å². The number of aromatic nitrogens is 1. The van der Waals surface area contributed by atoms with Crippen LogP contribution in [0.3, 0.4) is 0 Å². The molecule has 118 valence electrons. The Hall–Kier alpha value is -2.95. The number of ether oxygens (including phenoxy) is 1. The Morgan fingerprint density at radius 1 is 1.04 bits per heavy atom. The Bertz CT molecular complexity index is 760. The van der Waals surface area contributed by atoms with E-state index in [4.69, 9.17) is 4.74 Å². The molecular weight excluding hydrogens is 290 g/mol. The molecule has 5 heteroatoms. The first-order valence-electron chi connectivity index (χ1n) is 7.46. The lowest BCUT2D eigenvalue weighted by molar-refractivity contribution is 0.240. The summed E-state index contributed by atoms with van der Waals surface area (Å²) in [5.74, 6) is 0.803. The first-order chi connectivity index (χ1) is 11.2. The Kier molecular flexibility index (Phi) is 4.47. The monoisotopic (exact) mass is 309 g/mol. The molecule has 0 atom stereocenters. The van der Waals surface area contributed by atoms with Gasteiger partial charge in [-0.25, -0.2) is 4.79 Å². The van der Waals surface area contributed by atoms with Crippen LogP contribution in [0.1, 0.15) is 11.3 Å². The number of hydrogen-bond acceptors (Lipinski definition) is 2. The largest absolute Gasteiger partial charge is 0.497 e. The minimum absolute atomic E-state index is 0.195. The third-order valence-electron chi connectivity index (χ3n) is 3.64. The molecule has 0 unspecified atom stereocenters. The molecule has 0 aliphatic rings. The zero-order chi connectivity index (χ0) is 16.1. The lowest BCUT2D eigenvalue weighted by atomic mass is 10.2. The summed E-state index contributed by atoms with van der Waals surface area (Å²) in [7, 11) is 1.63. The van der Waals surface area contributed by atoms with Gasteiger partial charge in [0.05, 0.1) is 13.7 Å². The number of benzene rings is 2. The number of rotatable bonds is 5. The number of carbonyl (C=O) groups is 1. The van der Waals surface area contributed by atoms with Crippen LogP contribution in [0.15, 0.2) is 54.6 Å². The van der Waals surface area contributed by atoms with Gasteiger partial charge in [0, 0.05) is 17.8 Å². The number of methoxy groups -OCH3 is 1. The van der Waals surface area contributed by atoms with Crippen molar-refractivity contribution >= 4 is 16.9 Å². The van der Waals surface area contributed by atoms with E-state index in [9.17, 15) is 4.79 Å². The van der Waals surface area contributed by atoms with Crippen molar-refractivity contribution < 1.29 is 9.53 Å². The van der Waals surface area contributed by atoms with Gasteiger partial charge < -0.3 is 20.4 Å². The molecule has 23 heavy (non-hydrogen) atoms. The van der Waals surface area contributed by atoms with Crippen LogP contribution >= 0.6 is 0 Å². The van der Waals surface area contributed by atoms with Gasteiger partial charge in [0.1, 0.15) is 5.75 Å². The van der Waals surface area contributed by atoms with E-state index in [0.717, 1.165) is 27.9 Å². The molecule has 2 aromatic carbocycles. The summed E-state index contributed by atoms with van der Waals surface area (Å²) in [6.45, 7) is 0.936. The molecule has 1 aromatic heterocycles. The average Bonchev–Trinajstić information content (AvgIpc) is 3.01. The van der Waals surface area contributed by atoms with Crippen LogP contribution in [0.2, 0.25) is 0 Å². The lowest BCUT2D eigenvalue weighted by Gasteiger charge is -2.07. The predicted molar refractivity (Wildman–Crippen MR) is 90.4 cm³/mol. The number of H-pyrrole nitrogens is 1. The normalized spacial score (nSPS) is 10.5. The Labute approximate surface area is 134 Å². The van der Waals surface area contributed by atoms with Crippen molar-refractivity contribution in [3.05, 3.63) is 65.9 Å². The van der Waals surface area contributed by atoms with Gasteiger partial charge in [-0.15, -0.1) is 0 Å². The molecule has 3 aromatic rings. The minimum atomic E-state index is -0.195. The van der Waals surface area contributed by atoms with Crippen LogP contribution in [0.5, 0.6) is 5.75 Å². The van der Waals surface area contributed by atoms with E-state index in [2.05, 4.69) is 15.6 Å². The Morgan fingerprint density at radius 2 is 1.78 bits per heavy atom. The van der Waals surface area contributed by atoms with Gasteiger partial charge in [-0.3, -0.25) is 0 Å². The summed E-state index contributed by atoms with van der Waals surface area (Å²) in [6.07, 6.45) is 0. The third kappa shape index (κ3) is 3.83. The fourth-order valence-corrected chi connectivity index (χ4v) is 2.39. The predicted octanol–water partition coefficient (Wildman–Crippen LogP) is 3.18. The van der Waals surface area contributed by atoms with E-state index in [1.54, 1.807) is 7.11 Å². The van der Waals surface area contributed by atoms with E-state index in [-0.39, 0.29) is 6.03 Å². The summed E-state index contributed by atoms with van der Waals surface area (Å²) < 4.78 is 5.10. The van der Waals surface area contributed by atoms with Gasteiger partial charge in [-0.1, -0.05) is 30.3 Å². The number of nitrogens with one attached hydrogen (secondary N) is 3. The van der Waals surface area contributed by atoms with Crippen LogP contribution in [0.25, 0.3) is 10.9 Å². The van der Waals surface area contributed by atoms with Crippen molar-refractivity contribution in [2.24, 2.45) is 0 Å². The molecule has 0 spiro atoms. The maximum Gasteiger partial charge on any atom is 0.315 e. The average molecular weight is 309 g/mol. The van der Waals surface area contributed by atoms with E-state index in [1.807, 2.05) is 54.6 Å². The Morgan fingerprint density at radius 3 is 2.52 bits per heavy atom.